The van der Waals surface area contributed by atoms with Crippen molar-refractivity contribution in [2.75, 3.05) is 31.1 Å². The molecule has 4 nitrogen and oxygen atoms in total. The molecule has 1 saturated heterocycles. The number of anilines is 1. The summed E-state index contributed by atoms with van der Waals surface area (Å²) in [6, 6.07) is 0. The van der Waals surface area contributed by atoms with E-state index in [4.69, 9.17) is 0 Å². The minimum Gasteiger partial charge on any atom is -0.353 e. The van der Waals surface area contributed by atoms with Crippen LogP contribution < -0.4 is 10.2 Å². The summed E-state index contributed by atoms with van der Waals surface area (Å²) in [5.41, 5.74) is 1.58. The van der Waals surface area contributed by atoms with Crippen molar-refractivity contribution in [2.45, 2.75) is 20.3 Å². The average Bonchev–Trinajstić information content (AvgIpc) is 2.48. The van der Waals surface area contributed by atoms with E-state index in [9.17, 15) is 0 Å². The number of nitrogens with one attached hydrogen (secondary N) is 1. The zero-order valence-electron chi connectivity index (χ0n) is 12.0. The zero-order chi connectivity index (χ0) is 14.1. The smallest absolute Gasteiger partial charge is 0.147 e. The number of nitrogens with zero attached hydrogens (tertiary/aromatic N) is 3. The molecule has 1 aliphatic rings. The Hall–Kier alpha value is -1.68. The van der Waals surface area contributed by atoms with Gasteiger partial charge in [0.1, 0.15) is 5.82 Å². The normalized spacial score (nSPS) is 14.3. The second-order valence-corrected chi connectivity index (χ2v) is 4.35. The van der Waals surface area contributed by atoms with Crippen LogP contribution in [0, 0.1) is 0 Å². The third kappa shape index (κ3) is 4.48. The Bertz CT molecular complexity index is 409. The molecular weight excluding hydrogens is 236 g/mol. The minimum atomic E-state index is 0.786. The van der Waals surface area contributed by atoms with Crippen LogP contribution in [0.3, 0.4) is 0 Å². The van der Waals surface area contributed by atoms with Crippen molar-refractivity contribution in [2.24, 2.45) is 0 Å². The third-order valence-electron chi connectivity index (χ3n) is 2.64. The highest BCUT2D eigenvalue weighted by Gasteiger charge is 2.12. The molecule has 4 heteroatoms. The lowest BCUT2D eigenvalue weighted by molar-refractivity contribution is 0.584. The first kappa shape index (κ1) is 15.4. The van der Waals surface area contributed by atoms with Crippen LogP contribution in [0.1, 0.15) is 31.7 Å². The maximum absolute atomic E-state index is 4.53. The fraction of sp³-hybridized carbons (Fsp3) is 0.467. The molecule has 2 heterocycles. The number of aromatic nitrogens is 2. The Morgan fingerprint density at radius 2 is 1.79 bits per heavy atom. The molecule has 0 aliphatic carbocycles. The van der Waals surface area contributed by atoms with Gasteiger partial charge in [-0.15, -0.1) is 0 Å². The highest BCUT2D eigenvalue weighted by atomic mass is 15.2. The molecule has 0 aromatic carbocycles. The summed E-state index contributed by atoms with van der Waals surface area (Å²) in [6.45, 7) is 15.6. The summed E-state index contributed by atoms with van der Waals surface area (Å²) in [5, 5.41) is 3.31. The van der Waals surface area contributed by atoms with E-state index in [2.05, 4.69) is 47.2 Å². The molecule has 2 rings (SSSR count). The van der Waals surface area contributed by atoms with Gasteiger partial charge in [-0.1, -0.05) is 33.4 Å². The predicted octanol–water partition coefficient (Wildman–Crippen LogP) is 2.59. The monoisotopic (exact) mass is 260 g/mol. The third-order valence-corrected chi connectivity index (χ3v) is 2.64. The summed E-state index contributed by atoms with van der Waals surface area (Å²) in [5.74, 6) is 0.919. The van der Waals surface area contributed by atoms with Crippen LogP contribution in [0.2, 0.25) is 0 Å². The number of hydrogen-bond acceptors (Lipinski definition) is 4. The largest absolute Gasteiger partial charge is 0.353 e. The fourth-order valence-electron chi connectivity index (χ4n) is 1.76. The van der Waals surface area contributed by atoms with E-state index >= 15 is 0 Å². The standard InChI is InChI=1S/C12H16N4.C3H8/c1-3-10-11(4-2)15-12(9-14-10)16-7-5-13-6-8-16;1-3-2/h3-4,9,13H,1-2,5-8H2;3H2,1-2H3. The lowest BCUT2D eigenvalue weighted by Crippen LogP contribution is -2.44. The Kier molecular flexibility index (Phi) is 6.82. The van der Waals surface area contributed by atoms with Crippen LogP contribution >= 0.6 is 0 Å². The predicted molar refractivity (Wildman–Crippen MR) is 83.3 cm³/mol. The Balaban J connectivity index is 0.000000550. The molecule has 0 amide bonds. The van der Waals surface area contributed by atoms with E-state index in [0.29, 0.717) is 0 Å². The second kappa shape index (κ2) is 8.43. The quantitative estimate of drug-likeness (QED) is 0.907. The first-order valence-corrected chi connectivity index (χ1v) is 6.84. The van der Waals surface area contributed by atoms with Crippen molar-refractivity contribution in [3.8, 4) is 0 Å². The highest BCUT2D eigenvalue weighted by molar-refractivity contribution is 5.59. The average molecular weight is 260 g/mol. The van der Waals surface area contributed by atoms with Crippen molar-refractivity contribution in [3.63, 3.8) is 0 Å². The summed E-state index contributed by atoms with van der Waals surface area (Å²) in [7, 11) is 0. The Labute approximate surface area is 116 Å². The van der Waals surface area contributed by atoms with Crippen LogP contribution in [-0.2, 0) is 0 Å². The van der Waals surface area contributed by atoms with Crippen LogP contribution in [0.5, 0.6) is 0 Å². The fourth-order valence-corrected chi connectivity index (χ4v) is 1.76. The molecular formula is C15H24N4. The number of rotatable bonds is 3. The molecule has 1 aromatic rings. The number of piperazine rings is 1. The van der Waals surface area contributed by atoms with Gasteiger partial charge in [-0.25, -0.2) is 4.98 Å². The SMILES string of the molecule is C=Cc1ncc(N2CCNCC2)nc1C=C.CCC. The Morgan fingerprint density at radius 3 is 2.32 bits per heavy atom. The summed E-state index contributed by atoms with van der Waals surface area (Å²) in [6.07, 6.45) is 6.47. The molecule has 0 radical (unpaired) electrons. The highest BCUT2D eigenvalue weighted by Crippen LogP contribution is 2.14. The van der Waals surface area contributed by atoms with Crippen molar-refractivity contribution in [1.29, 1.82) is 0 Å². The van der Waals surface area contributed by atoms with Gasteiger partial charge in [0.05, 0.1) is 17.6 Å². The van der Waals surface area contributed by atoms with Crippen molar-refractivity contribution >= 4 is 18.0 Å². The van der Waals surface area contributed by atoms with Crippen molar-refractivity contribution in [1.82, 2.24) is 15.3 Å². The van der Waals surface area contributed by atoms with E-state index in [1.54, 1.807) is 18.3 Å². The van der Waals surface area contributed by atoms with Gasteiger partial charge >= 0.3 is 0 Å². The molecule has 1 N–H and O–H groups in total. The summed E-state index contributed by atoms with van der Waals surface area (Å²) in [4.78, 5) is 11.1. The van der Waals surface area contributed by atoms with Crippen molar-refractivity contribution < 1.29 is 0 Å². The van der Waals surface area contributed by atoms with Gasteiger partial charge in [-0.3, -0.25) is 4.98 Å². The molecule has 0 spiro atoms. The molecule has 0 bridgehead atoms. The lowest BCUT2D eigenvalue weighted by atomic mass is 10.3. The Morgan fingerprint density at radius 1 is 1.21 bits per heavy atom. The minimum absolute atomic E-state index is 0.786. The molecule has 1 aromatic heterocycles. The van der Waals surface area contributed by atoms with Crippen molar-refractivity contribution in [3.05, 3.63) is 30.7 Å². The molecule has 0 atom stereocenters. The van der Waals surface area contributed by atoms with Gasteiger partial charge < -0.3 is 10.2 Å². The van der Waals surface area contributed by atoms with E-state index in [0.717, 1.165) is 43.4 Å². The van der Waals surface area contributed by atoms with Gasteiger partial charge in [-0.2, -0.15) is 0 Å². The molecule has 1 fully saturated rings. The van der Waals surface area contributed by atoms with Crippen LogP contribution in [-0.4, -0.2) is 36.1 Å². The number of hydrogen-bond donors (Lipinski definition) is 1. The van der Waals surface area contributed by atoms with Gasteiger partial charge in [-0.05, 0) is 12.2 Å². The van der Waals surface area contributed by atoms with Gasteiger partial charge in [0.15, 0.2) is 0 Å². The van der Waals surface area contributed by atoms with E-state index < -0.39 is 0 Å². The first-order valence-electron chi connectivity index (χ1n) is 6.84. The zero-order valence-corrected chi connectivity index (χ0v) is 12.0. The van der Waals surface area contributed by atoms with E-state index in [1.807, 2.05) is 0 Å². The van der Waals surface area contributed by atoms with Crippen LogP contribution in [0.4, 0.5) is 5.82 Å². The van der Waals surface area contributed by atoms with Crippen LogP contribution in [0.25, 0.3) is 12.2 Å². The van der Waals surface area contributed by atoms with Gasteiger partial charge in [0.25, 0.3) is 0 Å². The lowest BCUT2D eigenvalue weighted by Gasteiger charge is -2.28. The maximum Gasteiger partial charge on any atom is 0.147 e. The topological polar surface area (TPSA) is 41.1 Å². The summed E-state index contributed by atoms with van der Waals surface area (Å²) >= 11 is 0. The molecule has 19 heavy (non-hydrogen) atoms. The van der Waals surface area contributed by atoms with Crippen LogP contribution in [0.15, 0.2) is 19.4 Å². The first-order chi connectivity index (χ1) is 9.26. The molecule has 1 aliphatic heterocycles. The van der Waals surface area contributed by atoms with E-state index in [-0.39, 0.29) is 0 Å². The molecule has 0 unspecified atom stereocenters. The summed E-state index contributed by atoms with van der Waals surface area (Å²) < 4.78 is 0. The van der Waals surface area contributed by atoms with Gasteiger partial charge in [0.2, 0.25) is 0 Å². The second-order valence-electron chi connectivity index (χ2n) is 4.35. The molecule has 0 saturated carbocycles. The maximum atomic E-state index is 4.53. The molecule has 104 valence electrons. The van der Waals surface area contributed by atoms with E-state index in [1.165, 1.54) is 6.42 Å². The van der Waals surface area contributed by atoms with Gasteiger partial charge in [0, 0.05) is 26.2 Å².